The maximum Gasteiger partial charge on any atom is 0.271 e. The van der Waals surface area contributed by atoms with E-state index in [9.17, 15) is 9.59 Å². The highest BCUT2D eigenvalue weighted by molar-refractivity contribution is 7.07. The van der Waals surface area contributed by atoms with E-state index in [2.05, 4.69) is 45.1 Å². The maximum atomic E-state index is 14.0. The third-order valence-electron chi connectivity index (χ3n) is 6.98. The van der Waals surface area contributed by atoms with Crippen LogP contribution >= 0.6 is 11.3 Å². The number of nitrogens with one attached hydrogen (secondary N) is 1. The molecule has 6 nitrogen and oxygen atoms in total. The third-order valence-corrected chi connectivity index (χ3v) is 7.96. The van der Waals surface area contributed by atoms with Crippen molar-refractivity contribution in [1.29, 1.82) is 0 Å². The maximum absolute atomic E-state index is 14.0. The molecule has 2 heterocycles. The number of ether oxygens (including phenoxy) is 1. The molecule has 7 heteroatoms. The summed E-state index contributed by atoms with van der Waals surface area (Å²) < 4.78 is 8.02. The van der Waals surface area contributed by atoms with Crippen molar-refractivity contribution in [3.63, 3.8) is 0 Å². The first-order valence-electron chi connectivity index (χ1n) is 13.9. The summed E-state index contributed by atoms with van der Waals surface area (Å²) in [7, 11) is 0. The number of hydrogen-bond acceptors (Lipinski definition) is 5. The Hall–Kier alpha value is -4.23. The van der Waals surface area contributed by atoms with Gasteiger partial charge in [0.2, 0.25) is 0 Å². The molecule has 0 bridgehead atoms. The molecule has 210 valence electrons. The molecular formula is C34H35N3O3S. The van der Waals surface area contributed by atoms with Crippen LogP contribution in [0.5, 0.6) is 5.75 Å². The number of amides is 1. The molecule has 0 unspecified atom stereocenters. The van der Waals surface area contributed by atoms with Gasteiger partial charge < -0.3 is 10.1 Å². The standard InChI is InChI=1S/C34H35N3O3S/c1-21(2)20-40-28-17-11-24(12-18-28)19-29-33(39)37-31(26-15-13-25(14-16-26)22(3)4)30(23(5)35-34(37)41-29)32(38)36-27-9-7-6-8-10-27/h6-19,21-22,31H,20H2,1-5H3,(H,36,38)/b29-19+/t31-/m0/s1. The van der Waals surface area contributed by atoms with Crippen molar-refractivity contribution in [2.45, 2.75) is 46.6 Å². The van der Waals surface area contributed by atoms with Crippen LogP contribution in [0.4, 0.5) is 5.69 Å². The van der Waals surface area contributed by atoms with Crippen molar-refractivity contribution in [3.05, 3.63) is 127 Å². The van der Waals surface area contributed by atoms with Crippen LogP contribution in [0.1, 0.15) is 63.3 Å². The molecule has 0 saturated heterocycles. The van der Waals surface area contributed by atoms with Crippen molar-refractivity contribution in [2.24, 2.45) is 10.9 Å². The largest absolute Gasteiger partial charge is 0.493 e. The monoisotopic (exact) mass is 565 g/mol. The number of nitrogens with zero attached hydrogens (tertiary/aromatic N) is 2. The number of carbonyl (C=O) groups excluding carboxylic acids is 1. The molecule has 0 fully saturated rings. The highest BCUT2D eigenvalue weighted by atomic mass is 32.1. The van der Waals surface area contributed by atoms with E-state index >= 15 is 0 Å². The van der Waals surface area contributed by atoms with Crippen molar-refractivity contribution in [3.8, 4) is 5.75 Å². The molecular weight excluding hydrogens is 530 g/mol. The predicted molar refractivity (Wildman–Crippen MR) is 166 cm³/mol. The summed E-state index contributed by atoms with van der Waals surface area (Å²) in [4.78, 5) is 33.0. The van der Waals surface area contributed by atoms with Crippen LogP contribution in [0.15, 0.2) is 99.9 Å². The molecule has 1 N–H and O–H groups in total. The van der Waals surface area contributed by atoms with Gasteiger partial charge in [0.15, 0.2) is 4.80 Å². The Bertz CT molecular complexity index is 1750. The number of para-hydroxylation sites is 1. The lowest BCUT2D eigenvalue weighted by Gasteiger charge is -2.25. The zero-order valence-corrected chi connectivity index (χ0v) is 24.9. The van der Waals surface area contributed by atoms with Gasteiger partial charge in [0.05, 0.1) is 28.5 Å². The number of allylic oxidation sites excluding steroid dienone is 1. The fourth-order valence-corrected chi connectivity index (χ4v) is 5.83. The van der Waals surface area contributed by atoms with Gasteiger partial charge >= 0.3 is 0 Å². The molecule has 41 heavy (non-hydrogen) atoms. The Labute approximate surface area is 244 Å². The predicted octanol–water partition coefficient (Wildman–Crippen LogP) is 6.03. The molecule has 4 aromatic rings. The number of hydrogen-bond donors (Lipinski definition) is 1. The van der Waals surface area contributed by atoms with E-state index in [0.29, 0.717) is 44.7 Å². The quantitative estimate of drug-likeness (QED) is 0.284. The van der Waals surface area contributed by atoms with Crippen LogP contribution in [0, 0.1) is 5.92 Å². The number of benzene rings is 3. The van der Waals surface area contributed by atoms with Gasteiger partial charge in [-0.05, 0) is 65.8 Å². The summed E-state index contributed by atoms with van der Waals surface area (Å²) in [6.45, 7) is 11.0. The van der Waals surface area contributed by atoms with E-state index in [-0.39, 0.29) is 11.5 Å². The van der Waals surface area contributed by atoms with Crippen molar-refractivity contribution in [2.75, 3.05) is 11.9 Å². The van der Waals surface area contributed by atoms with Crippen LogP contribution in [0.3, 0.4) is 0 Å². The average molecular weight is 566 g/mol. The molecule has 1 aromatic heterocycles. The molecule has 1 aliphatic rings. The molecule has 0 saturated carbocycles. The number of fused-ring (bicyclic) bond motifs is 1. The summed E-state index contributed by atoms with van der Waals surface area (Å²) in [6, 6.07) is 24.6. The molecule has 1 amide bonds. The van der Waals surface area contributed by atoms with Crippen molar-refractivity contribution in [1.82, 2.24) is 4.57 Å². The zero-order chi connectivity index (χ0) is 29.1. The van der Waals surface area contributed by atoms with Gasteiger partial charge in [-0.3, -0.25) is 14.2 Å². The number of carbonyl (C=O) groups is 1. The Morgan fingerprint density at radius 1 is 1.00 bits per heavy atom. The van der Waals surface area contributed by atoms with Crippen molar-refractivity contribution < 1.29 is 9.53 Å². The summed E-state index contributed by atoms with van der Waals surface area (Å²) in [6.07, 6.45) is 1.87. The first-order chi connectivity index (χ1) is 19.7. The minimum Gasteiger partial charge on any atom is -0.493 e. The van der Waals surface area contributed by atoms with Gasteiger partial charge in [0, 0.05) is 5.69 Å². The van der Waals surface area contributed by atoms with Gasteiger partial charge in [-0.25, -0.2) is 4.99 Å². The SMILES string of the molecule is CC1=C(C(=O)Nc2ccccc2)[C@H](c2ccc(C(C)C)cc2)n2c(s/c(=C/c3ccc(OCC(C)C)cc3)c2=O)=N1. The van der Waals surface area contributed by atoms with Crippen molar-refractivity contribution >= 4 is 29.0 Å². The second-order valence-electron chi connectivity index (χ2n) is 11.0. The lowest BCUT2D eigenvalue weighted by molar-refractivity contribution is -0.113. The highest BCUT2D eigenvalue weighted by Gasteiger charge is 2.32. The van der Waals surface area contributed by atoms with Gasteiger partial charge in [-0.2, -0.15) is 0 Å². The Kier molecular flexibility index (Phi) is 8.36. The second kappa shape index (κ2) is 12.1. The summed E-state index contributed by atoms with van der Waals surface area (Å²) in [5, 5.41) is 3.00. The van der Waals surface area contributed by atoms with Gasteiger partial charge in [-0.15, -0.1) is 0 Å². The lowest BCUT2D eigenvalue weighted by atomic mass is 9.93. The summed E-state index contributed by atoms with van der Waals surface area (Å²) in [5.41, 5.74) is 4.50. The molecule has 0 radical (unpaired) electrons. The fraction of sp³-hybridized carbons (Fsp3) is 0.265. The van der Waals surface area contributed by atoms with E-state index in [4.69, 9.17) is 9.73 Å². The number of aromatic nitrogens is 1. The molecule has 5 rings (SSSR count). The Morgan fingerprint density at radius 2 is 1.68 bits per heavy atom. The molecule has 1 atom stereocenters. The van der Waals surface area contributed by atoms with Gasteiger partial charge in [0.25, 0.3) is 11.5 Å². The lowest BCUT2D eigenvalue weighted by Crippen LogP contribution is -2.40. The third kappa shape index (κ3) is 6.25. The number of rotatable bonds is 8. The molecule has 1 aliphatic heterocycles. The first kappa shape index (κ1) is 28.3. The Morgan fingerprint density at radius 3 is 2.32 bits per heavy atom. The Balaban J connectivity index is 1.58. The van der Waals surface area contributed by atoms with Crippen LogP contribution < -0.4 is 24.9 Å². The molecule has 3 aromatic carbocycles. The van der Waals surface area contributed by atoms with E-state index in [1.165, 1.54) is 16.9 Å². The van der Waals surface area contributed by atoms with Crippen LogP contribution in [0.2, 0.25) is 0 Å². The van der Waals surface area contributed by atoms with Gasteiger partial charge in [-0.1, -0.05) is 93.6 Å². The van der Waals surface area contributed by atoms with Gasteiger partial charge in [0.1, 0.15) is 5.75 Å². The average Bonchev–Trinajstić information content (AvgIpc) is 3.26. The minimum atomic E-state index is -0.606. The van der Waals surface area contributed by atoms with E-state index in [1.807, 2.05) is 79.7 Å². The number of thiazole rings is 1. The molecule has 0 spiro atoms. The second-order valence-corrected chi connectivity index (χ2v) is 12.0. The van der Waals surface area contributed by atoms with E-state index < -0.39 is 6.04 Å². The van der Waals surface area contributed by atoms with Crippen LogP contribution in [-0.2, 0) is 4.79 Å². The van der Waals surface area contributed by atoms with Crippen LogP contribution in [0.25, 0.3) is 6.08 Å². The number of anilines is 1. The summed E-state index contributed by atoms with van der Waals surface area (Å²) in [5.74, 6) is 1.33. The van der Waals surface area contributed by atoms with E-state index in [1.54, 1.807) is 4.57 Å². The fourth-order valence-electron chi connectivity index (χ4n) is 4.78. The normalized spacial score (nSPS) is 15.2. The topological polar surface area (TPSA) is 72.7 Å². The zero-order valence-electron chi connectivity index (χ0n) is 24.0. The minimum absolute atomic E-state index is 0.177. The first-order valence-corrected chi connectivity index (χ1v) is 14.7. The smallest absolute Gasteiger partial charge is 0.271 e. The summed E-state index contributed by atoms with van der Waals surface area (Å²) >= 11 is 1.33. The highest BCUT2D eigenvalue weighted by Crippen LogP contribution is 2.31. The molecule has 0 aliphatic carbocycles. The van der Waals surface area contributed by atoms with E-state index in [0.717, 1.165) is 16.9 Å². The van der Waals surface area contributed by atoms with Crippen LogP contribution in [-0.4, -0.2) is 17.1 Å².